The molecular formula is C15H11BrNO4-. The van der Waals surface area contributed by atoms with Crippen LogP contribution in [-0.2, 0) is 14.3 Å². The number of ether oxygens (including phenoxy) is 1. The van der Waals surface area contributed by atoms with Gasteiger partial charge in [0.15, 0.2) is 0 Å². The van der Waals surface area contributed by atoms with Crippen LogP contribution in [0.2, 0.25) is 0 Å². The second-order valence-corrected chi connectivity index (χ2v) is 6.45. The highest BCUT2D eigenvalue weighted by molar-refractivity contribution is 9.10. The van der Waals surface area contributed by atoms with Gasteiger partial charge in [-0.25, -0.2) is 0 Å². The molecule has 2 fully saturated rings. The van der Waals surface area contributed by atoms with E-state index in [-0.39, 0.29) is 5.91 Å². The smallest absolute Gasteiger partial charge is 0.234 e. The zero-order chi connectivity index (χ0) is 14.8. The van der Waals surface area contributed by atoms with Crippen LogP contribution in [0.15, 0.2) is 40.9 Å². The van der Waals surface area contributed by atoms with Crippen molar-refractivity contribution in [2.45, 2.75) is 11.7 Å². The van der Waals surface area contributed by atoms with Crippen LogP contribution < -0.4 is 10.0 Å². The third-order valence-corrected chi connectivity index (χ3v) is 5.19. The number of benzene rings is 1. The second-order valence-electron chi connectivity index (χ2n) is 5.59. The van der Waals surface area contributed by atoms with Gasteiger partial charge in [-0.05, 0) is 28.1 Å². The molecule has 0 aromatic heterocycles. The molecule has 4 atom stereocenters. The molecule has 21 heavy (non-hydrogen) atoms. The first kappa shape index (κ1) is 13.0. The van der Waals surface area contributed by atoms with Gasteiger partial charge in [-0.3, -0.25) is 4.79 Å². The van der Waals surface area contributed by atoms with Gasteiger partial charge < -0.3 is 19.5 Å². The lowest BCUT2D eigenvalue weighted by molar-refractivity contribution is -0.313. The van der Waals surface area contributed by atoms with Gasteiger partial charge >= 0.3 is 0 Å². The zero-order valence-corrected chi connectivity index (χ0v) is 12.4. The minimum atomic E-state index is -1.22. The van der Waals surface area contributed by atoms with Crippen molar-refractivity contribution in [1.82, 2.24) is 0 Å². The number of carboxylic acids is 1. The first-order valence-electron chi connectivity index (χ1n) is 6.67. The average Bonchev–Trinajstić information content (AvgIpc) is 3.08. The Hall–Kier alpha value is -1.66. The van der Waals surface area contributed by atoms with E-state index >= 15 is 0 Å². The lowest BCUT2D eigenvalue weighted by Gasteiger charge is -2.24. The number of carboxylic acid groups (broad SMARTS) is 1. The van der Waals surface area contributed by atoms with Crippen LogP contribution in [0.4, 0.5) is 5.69 Å². The van der Waals surface area contributed by atoms with E-state index in [1.165, 1.54) is 0 Å². The molecule has 5 nitrogen and oxygen atoms in total. The largest absolute Gasteiger partial charge is 0.550 e. The molecule has 0 aliphatic carbocycles. The molecule has 3 heterocycles. The Morgan fingerprint density at radius 1 is 1.43 bits per heavy atom. The summed E-state index contributed by atoms with van der Waals surface area (Å²) in [5, 5.41) is 11.4. The molecule has 3 aliphatic rings. The van der Waals surface area contributed by atoms with Crippen molar-refractivity contribution in [3.8, 4) is 0 Å². The highest BCUT2D eigenvalue weighted by Crippen LogP contribution is 2.52. The Labute approximate surface area is 129 Å². The Morgan fingerprint density at radius 2 is 2.19 bits per heavy atom. The molecule has 2 saturated heterocycles. The Morgan fingerprint density at radius 3 is 2.90 bits per heavy atom. The Kier molecular flexibility index (Phi) is 2.59. The summed E-state index contributed by atoms with van der Waals surface area (Å²) in [4.78, 5) is 25.7. The molecular weight excluding hydrogens is 338 g/mol. The number of hydrogen-bond acceptors (Lipinski definition) is 4. The topological polar surface area (TPSA) is 69.7 Å². The number of amides is 1. The van der Waals surface area contributed by atoms with Crippen LogP contribution in [0.25, 0.3) is 0 Å². The van der Waals surface area contributed by atoms with Gasteiger partial charge in [0, 0.05) is 16.4 Å². The number of fused-ring (bicyclic) bond motifs is 1. The van der Waals surface area contributed by atoms with E-state index in [1.807, 2.05) is 30.3 Å². The second kappa shape index (κ2) is 4.18. The van der Waals surface area contributed by atoms with E-state index in [0.29, 0.717) is 6.54 Å². The van der Waals surface area contributed by atoms with Gasteiger partial charge in [-0.2, -0.15) is 0 Å². The molecule has 108 valence electrons. The van der Waals surface area contributed by atoms with Crippen LogP contribution in [0, 0.1) is 11.8 Å². The number of para-hydroxylation sites is 1. The molecule has 2 bridgehead atoms. The van der Waals surface area contributed by atoms with E-state index in [4.69, 9.17) is 4.74 Å². The number of anilines is 1. The van der Waals surface area contributed by atoms with Crippen molar-refractivity contribution < 1.29 is 19.4 Å². The molecule has 0 unspecified atom stereocenters. The first-order chi connectivity index (χ1) is 10.0. The predicted octanol–water partition coefficient (Wildman–Crippen LogP) is 0.485. The van der Waals surface area contributed by atoms with Gasteiger partial charge in [-0.15, -0.1) is 0 Å². The number of nitrogens with zero attached hydrogens (tertiary/aromatic N) is 1. The normalized spacial score (nSPS) is 36.3. The Balaban J connectivity index is 1.78. The van der Waals surface area contributed by atoms with Crippen molar-refractivity contribution in [1.29, 1.82) is 0 Å². The summed E-state index contributed by atoms with van der Waals surface area (Å²) in [6.07, 6.45) is 3.01. The number of halogens is 1. The zero-order valence-electron chi connectivity index (χ0n) is 10.9. The number of carbonyl (C=O) groups excluding carboxylic acids is 2. The third-order valence-electron chi connectivity index (χ3n) is 4.52. The number of carbonyl (C=O) groups is 2. The fourth-order valence-corrected chi connectivity index (χ4v) is 4.14. The molecule has 0 radical (unpaired) electrons. The Bertz CT molecular complexity index is 688. The molecule has 0 saturated carbocycles. The maximum atomic E-state index is 12.7. The average molecular weight is 349 g/mol. The maximum absolute atomic E-state index is 12.7. The van der Waals surface area contributed by atoms with Crippen LogP contribution in [-0.4, -0.2) is 30.1 Å². The van der Waals surface area contributed by atoms with Crippen molar-refractivity contribution in [2.75, 3.05) is 11.4 Å². The van der Waals surface area contributed by atoms with Crippen molar-refractivity contribution in [3.05, 3.63) is 40.9 Å². The van der Waals surface area contributed by atoms with Gasteiger partial charge in [0.25, 0.3) is 0 Å². The van der Waals surface area contributed by atoms with E-state index in [1.54, 1.807) is 11.0 Å². The van der Waals surface area contributed by atoms with E-state index < -0.39 is 29.5 Å². The molecule has 1 aromatic rings. The lowest BCUT2D eigenvalue weighted by Crippen LogP contribution is -2.45. The molecule has 3 aliphatic heterocycles. The molecule has 6 heteroatoms. The van der Waals surface area contributed by atoms with E-state index in [2.05, 4.69) is 15.9 Å². The van der Waals surface area contributed by atoms with Gasteiger partial charge in [0.05, 0.1) is 24.3 Å². The SMILES string of the molecule is O=C([O-])[C@H]1[C@H]2C=C[C@]3(CN(c4ccccc4Br)C(=O)[C@@H]13)O2. The number of aliphatic carboxylic acids is 1. The molecule has 4 rings (SSSR count). The lowest BCUT2D eigenvalue weighted by atomic mass is 9.77. The summed E-state index contributed by atoms with van der Waals surface area (Å²) in [5.74, 6) is -3.05. The summed E-state index contributed by atoms with van der Waals surface area (Å²) in [5.41, 5.74) is -0.106. The van der Waals surface area contributed by atoms with Gasteiger partial charge in [0.1, 0.15) is 5.60 Å². The summed E-state index contributed by atoms with van der Waals surface area (Å²) in [6, 6.07) is 7.37. The first-order valence-corrected chi connectivity index (χ1v) is 7.47. The maximum Gasteiger partial charge on any atom is 0.234 e. The quantitative estimate of drug-likeness (QED) is 0.729. The third kappa shape index (κ3) is 1.60. The molecule has 0 N–H and O–H groups in total. The number of hydrogen-bond donors (Lipinski definition) is 0. The molecule has 1 amide bonds. The van der Waals surface area contributed by atoms with E-state index in [0.717, 1.165) is 10.2 Å². The summed E-state index contributed by atoms with van der Waals surface area (Å²) < 4.78 is 6.60. The van der Waals surface area contributed by atoms with Crippen LogP contribution in [0.3, 0.4) is 0 Å². The summed E-state index contributed by atoms with van der Waals surface area (Å²) in [7, 11) is 0. The summed E-state index contributed by atoms with van der Waals surface area (Å²) in [6.45, 7) is 0.329. The van der Waals surface area contributed by atoms with Gasteiger partial charge in [0.2, 0.25) is 5.91 Å². The standard InChI is InChI=1S/C15H12BrNO4/c16-8-3-1-2-4-9(8)17-7-15-6-5-10(21-15)11(14(19)20)12(15)13(17)18/h1-6,10-12H,7H2,(H,19,20)/p-1/t10-,11+,12-,15-/m1/s1. The fraction of sp³-hybridized carbons (Fsp3) is 0.333. The minimum absolute atomic E-state index is 0.219. The van der Waals surface area contributed by atoms with E-state index in [9.17, 15) is 14.7 Å². The minimum Gasteiger partial charge on any atom is -0.550 e. The highest BCUT2D eigenvalue weighted by atomic mass is 79.9. The highest BCUT2D eigenvalue weighted by Gasteiger charge is 2.65. The van der Waals surface area contributed by atoms with Crippen molar-refractivity contribution in [3.63, 3.8) is 0 Å². The van der Waals surface area contributed by atoms with Crippen molar-refractivity contribution in [2.24, 2.45) is 11.8 Å². The van der Waals surface area contributed by atoms with Crippen LogP contribution in [0.1, 0.15) is 0 Å². The van der Waals surface area contributed by atoms with Crippen LogP contribution in [0.5, 0.6) is 0 Å². The monoisotopic (exact) mass is 348 g/mol. The summed E-state index contributed by atoms with van der Waals surface area (Å²) >= 11 is 3.43. The van der Waals surface area contributed by atoms with Crippen molar-refractivity contribution >= 4 is 33.5 Å². The fourth-order valence-electron chi connectivity index (χ4n) is 3.64. The van der Waals surface area contributed by atoms with Crippen LogP contribution >= 0.6 is 15.9 Å². The number of rotatable bonds is 2. The van der Waals surface area contributed by atoms with Gasteiger partial charge in [-0.1, -0.05) is 24.3 Å². The molecule has 1 spiro atoms. The molecule has 1 aromatic carbocycles. The predicted molar refractivity (Wildman–Crippen MR) is 75.2 cm³/mol.